The van der Waals surface area contributed by atoms with E-state index in [-0.39, 0.29) is 50.6 Å². The molecular formula is C24H27ClFN7O. The number of nitriles is 1. The van der Waals surface area contributed by atoms with Crippen LogP contribution in [0.25, 0.3) is 0 Å². The Hall–Kier alpha value is -3.51. The standard InChI is InChI=1S/C24H27ClFN7O/c1-24(2,3)10-15(11-27)23(34)33-8-4-5-16(12-33)32-22-19(21(29)30-13-31-22)20(28)14-6-7-17(25)18(26)9-14/h6-7,9-10,13,16,28H,4-5,8,12H2,1-3H3,(H3,29,30,31,32)/b15-10+,28-20?. The molecule has 2 aromatic rings. The van der Waals surface area contributed by atoms with E-state index in [0.717, 1.165) is 18.9 Å². The predicted octanol–water partition coefficient (Wildman–Crippen LogP) is 4.17. The van der Waals surface area contributed by atoms with E-state index in [0.29, 0.717) is 18.9 Å². The molecule has 0 bridgehead atoms. The number of benzene rings is 1. The monoisotopic (exact) mass is 483 g/mol. The van der Waals surface area contributed by atoms with Crippen molar-refractivity contribution in [2.24, 2.45) is 5.41 Å². The van der Waals surface area contributed by atoms with Gasteiger partial charge in [-0.3, -0.25) is 10.2 Å². The van der Waals surface area contributed by atoms with Crippen LogP contribution in [-0.4, -0.2) is 45.6 Å². The van der Waals surface area contributed by atoms with E-state index in [9.17, 15) is 14.4 Å². The van der Waals surface area contributed by atoms with Crippen LogP contribution in [0.4, 0.5) is 16.0 Å². The van der Waals surface area contributed by atoms with Gasteiger partial charge in [0.2, 0.25) is 0 Å². The number of nitrogens with two attached hydrogens (primary N) is 1. The van der Waals surface area contributed by atoms with Crippen molar-refractivity contribution in [3.63, 3.8) is 0 Å². The Morgan fingerprint density at radius 1 is 1.41 bits per heavy atom. The highest BCUT2D eigenvalue weighted by Crippen LogP contribution is 2.26. The first-order chi connectivity index (χ1) is 16.0. The molecule has 3 rings (SSSR count). The molecule has 1 fully saturated rings. The number of nitrogen functional groups attached to an aromatic ring is 1. The van der Waals surface area contributed by atoms with E-state index in [1.165, 1.54) is 18.5 Å². The van der Waals surface area contributed by atoms with Crippen LogP contribution in [0.15, 0.2) is 36.2 Å². The van der Waals surface area contributed by atoms with E-state index in [4.69, 9.17) is 22.7 Å². The Labute approximate surface area is 203 Å². The van der Waals surface area contributed by atoms with Gasteiger partial charge in [-0.05, 0) is 30.4 Å². The van der Waals surface area contributed by atoms with Gasteiger partial charge in [-0.1, -0.05) is 44.5 Å². The van der Waals surface area contributed by atoms with Gasteiger partial charge in [0.1, 0.15) is 35.4 Å². The summed E-state index contributed by atoms with van der Waals surface area (Å²) in [5.74, 6) is -0.568. The number of halogens is 2. The number of nitrogens with one attached hydrogen (secondary N) is 2. The van der Waals surface area contributed by atoms with Crippen molar-refractivity contribution in [2.45, 2.75) is 39.7 Å². The number of hydrogen-bond donors (Lipinski definition) is 3. The molecule has 1 aliphatic heterocycles. The fourth-order valence-electron chi connectivity index (χ4n) is 3.77. The summed E-state index contributed by atoms with van der Waals surface area (Å²) >= 11 is 5.77. The Bertz CT molecular complexity index is 1180. The molecule has 34 heavy (non-hydrogen) atoms. The number of likely N-dealkylation sites (tertiary alicyclic amines) is 1. The predicted molar refractivity (Wildman–Crippen MR) is 130 cm³/mol. The number of nitrogens with zero attached hydrogens (tertiary/aromatic N) is 4. The lowest BCUT2D eigenvalue weighted by molar-refractivity contribution is -0.127. The molecule has 2 heterocycles. The first-order valence-corrected chi connectivity index (χ1v) is 11.2. The zero-order valence-corrected chi connectivity index (χ0v) is 20.1. The van der Waals surface area contributed by atoms with Gasteiger partial charge in [-0.2, -0.15) is 5.26 Å². The third-order valence-electron chi connectivity index (χ3n) is 5.31. The summed E-state index contributed by atoms with van der Waals surface area (Å²) in [7, 11) is 0. The molecule has 0 aliphatic carbocycles. The summed E-state index contributed by atoms with van der Waals surface area (Å²) in [5, 5.41) is 21.3. The van der Waals surface area contributed by atoms with Crippen LogP contribution in [0.3, 0.4) is 0 Å². The summed E-state index contributed by atoms with van der Waals surface area (Å²) in [6, 6.07) is 5.89. The van der Waals surface area contributed by atoms with Gasteiger partial charge in [0.05, 0.1) is 16.3 Å². The van der Waals surface area contributed by atoms with Gasteiger partial charge < -0.3 is 16.0 Å². The summed E-state index contributed by atoms with van der Waals surface area (Å²) in [6.45, 7) is 6.69. The largest absolute Gasteiger partial charge is 0.383 e. The summed E-state index contributed by atoms with van der Waals surface area (Å²) in [4.78, 5) is 22.9. The van der Waals surface area contributed by atoms with Crippen molar-refractivity contribution < 1.29 is 9.18 Å². The first kappa shape index (κ1) is 25.1. The van der Waals surface area contributed by atoms with Crippen LogP contribution in [0.2, 0.25) is 5.02 Å². The van der Waals surface area contributed by atoms with E-state index in [2.05, 4.69) is 15.3 Å². The van der Waals surface area contributed by atoms with Gasteiger partial charge in [-0.15, -0.1) is 0 Å². The number of hydrogen-bond acceptors (Lipinski definition) is 7. The third-order valence-corrected chi connectivity index (χ3v) is 5.62. The van der Waals surface area contributed by atoms with Crippen LogP contribution >= 0.6 is 11.6 Å². The highest BCUT2D eigenvalue weighted by Gasteiger charge is 2.28. The highest BCUT2D eigenvalue weighted by molar-refractivity contribution is 6.31. The summed E-state index contributed by atoms with van der Waals surface area (Å²) in [6.07, 6.45) is 4.44. The quantitative estimate of drug-likeness (QED) is 0.332. The molecule has 0 radical (unpaired) electrons. The van der Waals surface area contributed by atoms with Crippen molar-refractivity contribution >= 4 is 34.9 Å². The minimum Gasteiger partial charge on any atom is -0.383 e. The zero-order chi connectivity index (χ0) is 25.0. The number of rotatable bonds is 5. The third kappa shape index (κ3) is 5.88. The van der Waals surface area contributed by atoms with Crippen molar-refractivity contribution in [3.8, 4) is 6.07 Å². The average molecular weight is 484 g/mol. The molecule has 178 valence electrons. The van der Waals surface area contributed by atoms with Crippen LogP contribution in [0, 0.1) is 28.0 Å². The molecule has 1 amide bonds. The Morgan fingerprint density at radius 3 is 2.79 bits per heavy atom. The fourth-order valence-corrected chi connectivity index (χ4v) is 3.89. The summed E-state index contributed by atoms with van der Waals surface area (Å²) < 4.78 is 14.0. The molecule has 0 spiro atoms. The SMILES string of the molecule is CC(C)(C)/C=C(\C#N)C(=O)N1CCCC(Nc2ncnc(N)c2C(=N)c2ccc(Cl)c(F)c2)C1. The second-order valence-electron chi connectivity index (χ2n) is 9.26. The molecule has 8 nitrogen and oxygen atoms in total. The maximum atomic E-state index is 14.0. The first-order valence-electron chi connectivity index (χ1n) is 10.8. The fraction of sp³-hybridized carbons (Fsp3) is 0.375. The normalized spacial score (nSPS) is 16.6. The molecule has 1 saturated heterocycles. The second kappa shape index (κ2) is 10.2. The molecule has 1 atom stereocenters. The maximum Gasteiger partial charge on any atom is 0.264 e. The Balaban J connectivity index is 1.83. The van der Waals surface area contributed by atoms with E-state index in [1.54, 1.807) is 11.0 Å². The lowest BCUT2D eigenvalue weighted by Crippen LogP contribution is -2.46. The average Bonchev–Trinajstić information content (AvgIpc) is 2.78. The van der Waals surface area contributed by atoms with Crippen LogP contribution in [-0.2, 0) is 4.79 Å². The lowest BCUT2D eigenvalue weighted by Gasteiger charge is -2.34. The number of carbonyl (C=O) groups is 1. The number of allylic oxidation sites excluding steroid dienone is 1. The molecule has 0 saturated carbocycles. The minimum absolute atomic E-state index is 0.0450. The number of aromatic nitrogens is 2. The van der Waals surface area contributed by atoms with Crippen LogP contribution in [0.1, 0.15) is 44.7 Å². The van der Waals surface area contributed by atoms with E-state index >= 15 is 0 Å². The number of carbonyl (C=O) groups excluding carboxylic acids is 1. The number of piperidine rings is 1. The molecule has 1 aromatic heterocycles. The van der Waals surface area contributed by atoms with Crippen molar-refractivity contribution in [1.29, 1.82) is 10.7 Å². The number of anilines is 2. The smallest absolute Gasteiger partial charge is 0.264 e. The zero-order valence-electron chi connectivity index (χ0n) is 19.3. The molecule has 4 N–H and O–H groups in total. The Morgan fingerprint density at radius 2 is 2.15 bits per heavy atom. The van der Waals surface area contributed by atoms with E-state index in [1.807, 2.05) is 26.8 Å². The second-order valence-corrected chi connectivity index (χ2v) is 9.66. The van der Waals surface area contributed by atoms with Gasteiger partial charge >= 0.3 is 0 Å². The molecule has 1 unspecified atom stereocenters. The lowest BCUT2D eigenvalue weighted by atomic mass is 9.93. The topological polar surface area (TPSA) is 132 Å². The molecule has 1 aromatic carbocycles. The maximum absolute atomic E-state index is 14.0. The van der Waals surface area contributed by atoms with Crippen molar-refractivity contribution in [2.75, 3.05) is 24.1 Å². The Kier molecular flexibility index (Phi) is 7.52. The van der Waals surface area contributed by atoms with Crippen LogP contribution < -0.4 is 11.1 Å². The highest BCUT2D eigenvalue weighted by atomic mass is 35.5. The van der Waals surface area contributed by atoms with Crippen molar-refractivity contribution in [3.05, 3.63) is 58.1 Å². The van der Waals surface area contributed by atoms with Crippen LogP contribution in [0.5, 0.6) is 0 Å². The van der Waals surface area contributed by atoms with Gasteiger partial charge in [0.25, 0.3) is 5.91 Å². The van der Waals surface area contributed by atoms with Crippen molar-refractivity contribution in [1.82, 2.24) is 14.9 Å². The summed E-state index contributed by atoms with van der Waals surface area (Å²) in [5.41, 5.74) is 6.33. The van der Waals surface area contributed by atoms with Gasteiger partial charge in [0, 0.05) is 24.7 Å². The molecular weight excluding hydrogens is 457 g/mol. The van der Waals surface area contributed by atoms with E-state index < -0.39 is 5.82 Å². The number of amides is 1. The molecule has 1 aliphatic rings. The molecule has 10 heteroatoms. The van der Waals surface area contributed by atoms with Gasteiger partial charge in [-0.25, -0.2) is 14.4 Å². The minimum atomic E-state index is -0.646. The van der Waals surface area contributed by atoms with Gasteiger partial charge in [0.15, 0.2) is 0 Å².